The Kier molecular flexibility index (Phi) is 4.05. The van der Waals surface area contributed by atoms with E-state index in [4.69, 9.17) is 16.0 Å². The van der Waals surface area contributed by atoms with Crippen LogP contribution in [-0.2, 0) is 6.54 Å². The number of aromatic nitrogens is 1. The van der Waals surface area contributed by atoms with Crippen LogP contribution in [0.25, 0.3) is 11.3 Å². The molecule has 0 spiro atoms. The van der Waals surface area contributed by atoms with Crippen molar-refractivity contribution in [1.29, 1.82) is 0 Å². The lowest BCUT2D eigenvalue weighted by Crippen LogP contribution is -2.49. The predicted molar refractivity (Wildman–Crippen MR) is 79.7 cm³/mol. The molecule has 1 aliphatic rings. The summed E-state index contributed by atoms with van der Waals surface area (Å²) in [7, 11) is 0. The molecular formula is C15H18ClN3O. The highest BCUT2D eigenvalue weighted by Gasteiger charge is 2.20. The van der Waals surface area contributed by atoms with Gasteiger partial charge in [-0.05, 0) is 19.1 Å². The summed E-state index contributed by atoms with van der Waals surface area (Å²) in [5.41, 5.74) is 0.963. The number of rotatable bonds is 3. The Balaban J connectivity index is 1.73. The second kappa shape index (κ2) is 5.95. The normalized spacial score (nSPS) is 20.2. The molecule has 2 aromatic rings. The van der Waals surface area contributed by atoms with Gasteiger partial charge in [0.1, 0.15) is 0 Å². The van der Waals surface area contributed by atoms with Crippen molar-refractivity contribution in [2.75, 3.05) is 19.6 Å². The fourth-order valence-electron chi connectivity index (χ4n) is 2.45. The Morgan fingerprint density at radius 1 is 1.50 bits per heavy atom. The molecule has 3 rings (SSSR count). The number of piperazine rings is 1. The SMILES string of the molecule is CC1CNCCN1Cc1ncc(-c2cccc(Cl)c2)o1. The molecule has 1 fully saturated rings. The molecule has 1 aromatic heterocycles. The van der Waals surface area contributed by atoms with Crippen molar-refractivity contribution in [3.8, 4) is 11.3 Å². The molecule has 0 amide bonds. The minimum atomic E-state index is 0.505. The van der Waals surface area contributed by atoms with E-state index in [0.29, 0.717) is 11.1 Å². The fraction of sp³-hybridized carbons (Fsp3) is 0.400. The molecule has 0 radical (unpaired) electrons. The van der Waals surface area contributed by atoms with E-state index in [9.17, 15) is 0 Å². The number of benzene rings is 1. The topological polar surface area (TPSA) is 41.3 Å². The van der Waals surface area contributed by atoms with E-state index in [1.807, 2.05) is 24.3 Å². The zero-order chi connectivity index (χ0) is 13.9. The molecule has 4 nitrogen and oxygen atoms in total. The van der Waals surface area contributed by atoms with Crippen LogP contribution in [0, 0.1) is 0 Å². The van der Waals surface area contributed by atoms with E-state index in [-0.39, 0.29) is 0 Å². The summed E-state index contributed by atoms with van der Waals surface area (Å²) in [4.78, 5) is 6.76. The van der Waals surface area contributed by atoms with Gasteiger partial charge >= 0.3 is 0 Å². The molecule has 1 aromatic carbocycles. The smallest absolute Gasteiger partial charge is 0.209 e. The standard InChI is InChI=1S/C15H18ClN3O/c1-11-8-17-5-6-19(11)10-15-18-9-14(20-15)12-3-2-4-13(16)7-12/h2-4,7,9,11,17H,5-6,8,10H2,1H3. The second-order valence-corrected chi connectivity index (χ2v) is 5.59. The molecule has 1 N–H and O–H groups in total. The molecule has 1 aliphatic heterocycles. The summed E-state index contributed by atoms with van der Waals surface area (Å²) in [6, 6.07) is 8.14. The number of nitrogens with zero attached hydrogens (tertiary/aromatic N) is 2. The Hall–Kier alpha value is -1.36. The van der Waals surface area contributed by atoms with Gasteiger partial charge in [0.05, 0.1) is 12.7 Å². The molecule has 5 heteroatoms. The number of hydrogen-bond acceptors (Lipinski definition) is 4. The lowest BCUT2D eigenvalue weighted by atomic mass is 10.2. The van der Waals surface area contributed by atoms with Crippen LogP contribution in [0.5, 0.6) is 0 Å². The molecule has 1 saturated heterocycles. The predicted octanol–water partition coefficient (Wildman–Crippen LogP) is 2.79. The van der Waals surface area contributed by atoms with Crippen molar-refractivity contribution < 1.29 is 4.42 Å². The average molecular weight is 292 g/mol. The van der Waals surface area contributed by atoms with E-state index < -0.39 is 0 Å². The van der Waals surface area contributed by atoms with Crippen molar-refractivity contribution in [2.45, 2.75) is 19.5 Å². The van der Waals surface area contributed by atoms with E-state index in [1.54, 1.807) is 6.20 Å². The fourth-order valence-corrected chi connectivity index (χ4v) is 2.64. The molecule has 20 heavy (non-hydrogen) atoms. The van der Waals surface area contributed by atoms with Crippen LogP contribution in [0.15, 0.2) is 34.9 Å². The molecule has 0 aliphatic carbocycles. The first-order valence-corrected chi connectivity index (χ1v) is 7.25. The van der Waals surface area contributed by atoms with Gasteiger partial charge in [-0.1, -0.05) is 23.7 Å². The zero-order valence-electron chi connectivity index (χ0n) is 11.5. The molecule has 1 atom stereocenters. The first kappa shape index (κ1) is 13.6. The summed E-state index contributed by atoms with van der Waals surface area (Å²) in [6.07, 6.45) is 1.77. The maximum Gasteiger partial charge on any atom is 0.209 e. The molecular weight excluding hydrogens is 274 g/mol. The highest BCUT2D eigenvalue weighted by molar-refractivity contribution is 6.30. The van der Waals surface area contributed by atoms with E-state index in [2.05, 4.69) is 22.1 Å². The van der Waals surface area contributed by atoms with Gasteiger partial charge in [0.2, 0.25) is 5.89 Å². The third kappa shape index (κ3) is 3.03. The molecule has 1 unspecified atom stereocenters. The highest BCUT2D eigenvalue weighted by atomic mass is 35.5. The molecule has 0 bridgehead atoms. The van der Waals surface area contributed by atoms with Gasteiger partial charge in [0.25, 0.3) is 0 Å². The van der Waals surface area contributed by atoms with Crippen LogP contribution >= 0.6 is 11.6 Å². The van der Waals surface area contributed by atoms with E-state index in [1.165, 1.54) is 0 Å². The number of nitrogens with one attached hydrogen (secondary N) is 1. The van der Waals surface area contributed by atoms with Crippen molar-refractivity contribution in [2.24, 2.45) is 0 Å². The number of hydrogen-bond donors (Lipinski definition) is 1. The Bertz CT molecular complexity index is 584. The van der Waals surface area contributed by atoms with Crippen LogP contribution in [-0.4, -0.2) is 35.6 Å². The number of halogens is 1. The third-order valence-electron chi connectivity index (χ3n) is 3.64. The van der Waals surface area contributed by atoms with Crippen LogP contribution in [0.3, 0.4) is 0 Å². The van der Waals surface area contributed by atoms with Gasteiger partial charge in [-0.2, -0.15) is 0 Å². The molecule has 2 heterocycles. The number of oxazole rings is 1. The summed E-state index contributed by atoms with van der Waals surface area (Å²) in [6.45, 7) is 6.03. The minimum Gasteiger partial charge on any atom is -0.439 e. The maximum atomic E-state index is 6.00. The van der Waals surface area contributed by atoms with Crippen LogP contribution in [0.2, 0.25) is 5.02 Å². The highest BCUT2D eigenvalue weighted by Crippen LogP contribution is 2.24. The molecule has 0 saturated carbocycles. The summed E-state index contributed by atoms with van der Waals surface area (Å²) in [5, 5.41) is 4.08. The van der Waals surface area contributed by atoms with Gasteiger partial charge in [0.15, 0.2) is 5.76 Å². The van der Waals surface area contributed by atoms with Crippen molar-refractivity contribution in [3.05, 3.63) is 41.4 Å². The lowest BCUT2D eigenvalue weighted by Gasteiger charge is -2.32. The zero-order valence-corrected chi connectivity index (χ0v) is 12.2. The Labute approximate surface area is 123 Å². The summed E-state index contributed by atoms with van der Waals surface area (Å²) >= 11 is 6.00. The lowest BCUT2D eigenvalue weighted by molar-refractivity contribution is 0.151. The van der Waals surface area contributed by atoms with Gasteiger partial charge < -0.3 is 9.73 Å². The third-order valence-corrected chi connectivity index (χ3v) is 3.88. The van der Waals surface area contributed by atoms with Crippen molar-refractivity contribution >= 4 is 11.6 Å². The maximum absolute atomic E-state index is 6.00. The van der Waals surface area contributed by atoms with Crippen LogP contribution < -0.4 is 5.32 Å². The average Bonchev–Trinajstić information content (AvgIpc) is 2.90. The van der Waals surface area contributed by atoms with Gasteiger partial charge in [-0.15, -0.1) is 0 Å². The van der Waals surface area contributed by atoms with Gasteiger partial charge in [-0.3, -0.25) is 4.90 Å². The van der Waals surface area contributed by atoms with E-state index in [0.717, 1.165) is 43.4 Å². The summed E-state index contributed by atoms with van der Waals surface area (Å²) < 4.78 is 5.84. The van der Waals surface area contributed by atoms with Gasteiger partial charge in [0, 0.05) is 36.3 Å². The summed E-state index contributed by atoms with van der Waals surface area (Å²) in [5.74, 6) is 1.53. The monoisotopic (exact) mass is 291 g/mol. The quantitative estimate of drug-likeness (QED) is 0.944. The van der Waals surface area contributed by atoms with Crippen LogP contribution in [0.1, 0.15) is 12.8 Å². The Morgan fingerprint density at radius 2 is 2.40 bits per heavy atom. The van der Waals surface area contributed by atoms with Crippen LogP contribution in [0.4, 0.5) is 0 Å². The first-order valence-electron chi connectivity index (χ1n) is 6.88. The molecule has 106 valence electrons. The minimum absolute atomic E-state index is 0.505. The van der Waals surface area contributed by atoms with Gasteiger partial charge in [-0.25, -0.2) is 4.98 Å². The first-order chi connectivity index (χ1) is 9.72. The second-order valence-electron chi connectivity index (χ2n) is 5.15. The van der Waals surface area contributed by atoms with Crippen molar-refractivity contribution in [3.63, 3.8) is 0 Å². The largest absolute Gasteiger partial charge is 0.439 e. The van der Waals surface area contributed by atoms with E-state index >= 15 is 0 Å². The van der Waals surface area contributed by atoms with Crippen molar-refractivity contribution in [1.82, 2.24) is 15.2 Å². The Morgan fingerprint density at radius 3 is 3.20 bits per heavy atom.